The van der Waals surface area contributed by atoms with E-state index >= 15 is 0 Å². The van der Waals surface area contributed by atoms with Gasteiger partial charge < -0.3 is 19.8 Å². The molecule has 3 aliphatic rings. The third-order valence-electron chi connectivity index (χ3n) is 8.96. The summed E-state index contributed by atoms with van der Waals surface area (Å²) in [6.07, 6.45) is 1.49. The van der Waals surface area contributed by atoms with Gasteiger partial charge in [0.1, 0.15) is 5.82 Å². The number of rotatable bonds is 5. The molecular weight excluding hydrogens is 497 g/mol. The smallest absolute Gasteiger partial charge is 0.257 e. The standard InChI is InChI=1S/C27H34FN3O5S/c1-26-8-7-21(33)27(2,15-32)20(26)14-19-23(18(26)13-22(34)31-9-11-36-12-10-31)29-25(37-19)30-24(35)16-3-5-17(28)6-4-16/h3-6,18,20-21,32-33H,7-15H2,1-2H3,(H,29,30,35). The fraction of sp³-hybridized carbons (Fsp3) is 0.593. The number of hydrogen-bond acceptors (Lipinski definition) is 7. The number of nitrogens with one attached hydrogen (secondary N) is 1. The van der Waals surface area contributed by atoms with Gasteiger partial charge in [0, 0.05) is 41.3 Å². The van der Waals surface area contributed by atoms with E-state index in [-0.39, 0.29) is 42.1 Å². The van der Waals surface area contributed by atoms with Crippen LogP contribution in [0.1, 0.15) is 60.0 Å². The molecule has 1 saturated heterocycles. The van der Waals surface area contributed by atoms with E-state index in [9.17, 15) is 24.2 Å². The molecule has 2 heterocycles. The minimum absolute atomic E-state index is 0.0443. The number of hydrogen-bond donors (Lipinski definition) is 3. The van der Waals surface area contributed by atoms with Gasteiger partial charge in [-0.15, -0.1) is 11.3 Å². The Morgan fingerprint density at radius 3 is 2.62 bits per heavy atom. The highest BCUT2D eigenvalue weighted by Crippen LogP contribution is 2.63. The number of aliphatic hydroxyl groups excluding tert-OH is 2. The zero-order valence-corrected chi connectivity index (χ0v) is 22.0. The number of amides is 2. The van der Waals surface area contributed by atoms with Gasteiger partial charge in [-0.3, -0.25) is 14.9 Å². The number of thiazole rings is 1. The number of carbonyl (C=O) groups excluding carboxylic acids is 2. The molecule has 0 radical (unpaired) electrons. The number of fused-ring (bicyclic) bond motifs is 2. The van der Waals surface area contributed by atoms with E-state index in [2.05, 4.69) is 12.2 Å². The third-order valence-corrected chi connectivity index (χ3v) is 9.97. The topological polar surface area (TPSA) is 112 Å². The molecule has 2 aromatic rings. The first kappa shape index (κ1) is 26.2. The van der Waals surface area contributed by atoms with Crippen LogP contribution in [-0.2, 0) is 16.0 Å². The van der Waals surface area contributed by atoms with Gasteiger partial charge in [-0.25, -0.2) is 9.37 Å². The molecule has 8 nitrogen and oxygen atoms in total. The SMILES string of the molecule is CC1(CO)C(O)CCC2(C)C(CC(=O)N3CCOCC3)c3nc(NC(=O)c4ccc(F)cc4)sc3CC12. The maximum absolute atomic E-state index is 13.4. The van der Waals surface area contributed by atoms with Gasteiger partial charge >= 0.3 is 0 Å². The molecule has 37 heavy (non-hydrogen) atoms. The van der Waals surface area contributed by atoms with E-state index in [1.807, 2.05) is 11.8 Å². The average Bonchev–Trinajstić information content (AvgIpc) is 3.30. The molecule has 0 spiro atoms. The lowest BCUT2D eigenvalue weighted by Gasteiger charge is -2.58. The first-order valence-corrected chi connectivity index (χ1v) is 13.7. The predicted octanol–water partition coefficient (Wildman–Crippen LogP) is 3.20. The van der Waals surface area contributed by atoms with Crippen molar-refractivity contribution in [2.45, 2.75) is 51.6 Å². The summed E-state index contributed by atoms with van der Waals surface area (Å²) in [4.78, 5) is 33.9. The number of carbonyl (C=O) groups is 2. The lowest BCUT2D eigenvalue weighted by molar-refractivity contribution is -0.149. The summed E-state index contributed by atoms with van der Waals surface area (Å²) >= 11 is 1.37. The Kier molecular flexibility index (Phi) is 7.12. The Bertz CT molecular complexity index is 1170. The van der Waals surface area contributed by atoms with E-state index in [0.29, 0.717) is 56.3 Å². The van der Waals surface area contributed by atoms with Crippen molar-refractivity contribution in [1.29, 1.82) is 0 Å². The van der Waals surface area contributed by atoms with E-state index in [4.69, 9.17) is 9.72 Å². The molecule has 5 unspecified atom stereocenters. The van der Waals surface area contributed by atoms with Gasteiger partial charge in [-0.2, -0.15) is 0 Å². The lowest BCUT2D eigenvalue weighted by Crippen LogP contribution is -2.58. The summed E-state index contributed by atoms with van der Waals surface area (Å²) in [5.41, 5.74) is 0.0615. The highest BCUT2D eigenvalue weighted by Gasteiger charge is 2.59. The number of nitrogens with zero attached hydrogens (tertiary/aromatic N) is 2. The summed E-state index contributed by atoms with van der Waals surface area (Å²) in [7, 11) is 0. The first-order chi connectivity index (χ1) is 17.7. The quantitative estimate of drug-likeness (QED) is 0.546. The summed E-state index contributed by atoms with van der Waals surface area (Å²) in [5.74, 6) is -1.04. The summed E-state index contributed by atoms with van der Waals surface area (Å²) in [5, 5.41) is 24.6. The molecule has 1 aromatic heterocycles. The van der Waals surface area contributed by atoms with Crippen LogP contribution in [0.2, 0.25) is 0 Å². The van der Waals surface area contributed by atoms with Crippen LogP contribution in [-0.4, -0.2) is 70.9 Å². The van der Waals surface area contributed by atoms with Crippen LogP contribution in [0.4, 0.5) is 9.52 Å². The maximum atomic E-state index is 13.4. The average molecular weight is 532 g/mol. The Balaban J connectivity index is 1.49. The molecule has 2 fully saturated rings. The van der Waals surface area contributed by atoms with E-state index in [0.717, 1.165) is 10.6 Å². The number of ether oxygens (including phenoxy) is 1. The molecule has 1 aromatic carbocycles. The number of anilines is 1. The van der Waals surface area contributed by atoms with Crippen molar-refractivity contribution in [2.75, 3.05) is 38.2 Å². The van der Waals surface area contributed by atoms with E-state index in [1.54, 1.807) is 0 Å². The van der Waals surface area contributed by atoms with Crippen molar-refractivity contribution < 1.29 is 28.9 Å². The Morgan fingerprint density at radius 1 is 1.24 bits per heavy atom. The molecule has 200 valence electrons. The van der Waals surface area contributed by atoms with Crippen LogP contribution >= 0.6 is 11.3 Å². The zero-order chi connectivity index (χ0) is 26.4. The molecule has 3 N–H and O–H groups in total. The molecule has 5 atom stereocenters. The number of aliphatic hydroxyl groups is 2. The lowest BCUT2D eigenvalue weighted by atomic mass is 9.47. The summed E-state index contributed by atoms with van der Waals surface area (Å²) < 4.78 is 18.7. The number of benzene rings is 1. The molecule has 2 aliphatic carbocycles. The van der Waals surface area contributed by atoms with Gasteiger partial charge in [-0.1, -0.05) is 13.8 Å². The minimum atomic E-state index is -0.716. The second kappa shape index (κ2) is 10.1. The molecule has 5 rings (SSSR count). The molecule has 10 heteroatoms. The number of aromatic nitrogens is 1. The van der Waals surface area contributed by atoms with Crippen molar-refractivity contribution in [3.63, 3.8) is 0 Å². The van der Waals surface area contributed by atoms with Gasteiger partial charge in [0.05, 0.1) is 31.6 Å². The normalized spacial score (nSPS) is 31.4. The van der Waals surface area contributed by atoms with Gasteiger partial charge in [0.2, 0.25) is 5.91 Å². The second-order valence-electron chi connectivity index (χ2n) is 11.0. The third kappa shape index (κ3) is 4.69. The molecule has 1 saturated carbocycles. The predicted molar refractivity (Wildman–Crippen MR) is 137 cm³/mol. The van der Waals surface area contributed by atoms with Crippen molar-refractivity contribution in [3.05, 3.63) is 46.2 Å². The monoisotopic (exact) mass is 531 g/mol. The minimum Gasteiger partial charge on any atom is -0.396 e. The van der Waals surface area contributed by atoms with E-state index < -0.39 is 17.3 Å². The highest BCUT2D eigenvalue weighted by molar-refractivity contribution is 7.15. The molecule has 1 aliphatic heterocycles. The van der Waals surface area contributed by atoms with Crippen molar-refractivity contribution in [2.24, 2.45) is 16.7 Å². The van der Waals surface area contributed by atoms with Crippen LogP contribution in [0.5, 0.6) is 0 Å². The summed E-state index contributed by atoms with van der Waals surface area (Å²) in [6, 6.07) is 5.32. The number of morpholine rings is 1. The molecular formula is C27H34FN3O5S. The van der Waals surface area contributed by atoms with Crippen molar-refractivity contribution in [3.8, 4) is 0 Å². The van der Waals surface area contributed by atoms with Crippen LogP contribution in [0, 0.1) is 22.6 Å². The van der Waals surface area contributed by atoms with Crippen LogP contribution in [0.25, 0.3) is 0 Å². The fourth-order valence-electron chi connectivity index (χ4n) is 6.59. The largest absolute Gasteiger partial charge is 0.396 e. The maximum Gasteiger partial charge on any atom is 0.257 e. The fourth-order valence-corrected chi connectivity index (χ4v) is 7.65. The molecule has 2 amide bonds. The highest BCUT2D eigenvalue weighted by atomic mass is 32.1. The van der Waals surface area contributed by atoms with Crippen LogP contribution in [0.3, 0.4) is 0 Å². The first-order valence-electron chi connectivity index (χ1n) is 12.9. The van der Waals surface area contributed by atoms with Crippen LogP contribution < -0.4 is 5.32 Å². The Morgan fingerprint density at radius 2 is 1.95 bits per heavy atom. The van der Waals surface area contributed by atoms with Gasteiger partial charge in [0.15, 0.2) is 5.13 Å². The van der Waals surface area contributed by atoms with E-state index in [1.165, 1.54) is 35.6 Å². The van der Waals surface area contributed by atoms with Crippen LogP contribution in [0.15, 0.2) is 24.3 Å². The van der Waals surface area contributed by atoms with Gasteiger partial charge in [-0.05, 0) is 54.9 Å². The molecule has 0 bridgehead atoms. The zero-order valence-electron chi connectivity index (χ0n) is 21.2. The van der Waals surface area contributed by atoms with Crippen molar-refractivity contribution in [1.82, 2.24) is 9.88 Å². The van der Waals surface area contributed by atoms with Crippen molar-refractivity contribution >= 4 is 28.3 Å². The Hall–Kier alpha value is -2.40. The Labute approximate surface area is 219 Å². The summed E-state index contributed by atoms with van der Waals surface area (Å²) in [6.45, 7) is 6.10. The van der Waals surface area contributed by atoms with Gasteiger partial charge in [0.25, 0.3) is 5.91 Å². The second-order valence-corrected chi connectivity index (χ2v) is 12.1. The number of halogens is 1.